The summed E-state index contributed by atoms with van der Waals surface area (Å²) in [6.07, 6.45) is -0.250. The van der Waals surface area contributed by atoms with Crippen LogP contribution in [0.4, 0.5) is 4.79 Å². The standard InChI is InChI=1S/C24H25ClN4O4/c1-15-12-24(13-16(2)33-15,18-8-10-19(25)11-9-18)21(27-28-26)22(30)29-20(14-32-23(29)31)17-6-4-3-5-7-17/h3-11,15-16,20-21H,12-14H2,1-2H3/t15-,16-,20+,21+/m0/s1. The molecule has 2 aliphatic heterocycles. The van der Waals surface area contributed by atoms with Crippen molar-refractivity contribution in [1.29, 1.82) is 0 Å². The zero-order valence-electron chi connectivity index (χ0n) is 18.4. The molecular weight excluding hydrogens is 444 g/mol. The number of amides is 2. The Labute approximate surface area is 197 Å². The number of nitrogens with zero attached hydrogens (tertiary/aromatic N) is 4. The first kappa shape index (κ1) is 23.1. The van der Waals surface area contributed by atoms with E-state index in [9.17, 15) is 15.1 Å². The number of ether oxygens (including phenoxy) is 2. The Hall–Kier alpha value is -3.06. The van der Waals surface area contributed by atoms with Crippen molar-refractivity contribution in [2.24, 2.45) is 5.11 Å². The maximum Gasteiger partial charge on any atom is 0.417 e. The monoisotopic (exact) mass is 468 g/mol. The van der Waals surface area contributed by atoms with Gasteiger partial charge in [-0.3, -0.25) is 4.79 Å². The van der Waals surface area contributed by atoms with Crippen molar-refractivity contribution < 1.29 is 19.1 Å². The van der Waals surface area contributed by atoms with Crippen molar-refractivity contribution in [3.05, 3.63) is 81.2 Å². The molecule has 0 aliphatic carbocycles. The van der Waals surface area contributed by atoms with Crippen molar-refractivity contribution in [1.82, 2.24) is 4.90 Å². The summed E-state index contributed by atoms with van der Waals surface area (Å²) in [5, 5.41) is 4.54. The van der Waals surface area contributed by atoms with E-state index in [-0.39, 0.29) is 18.8 Å². The predicted octanol–water partition coefficient (Wildman–Crippen LogP) is 5.56. The maximum atomic E-state index is 14.0. The summed E-state index contributed by atoms with van der Waals surface area (Å²) >= 11 is 6.12. The largest absolute Gasteiger partial charge is 0.446 e. The van der Waals surface area contributed by atoms with E-state index in [0.717, 1.165) is 16.0 Å². The second kappa shape index (κ2) is 9.43. The molecule has 0 aromatic heterocycles. The number of carbonyl (C=O) groups is 2. The molecule has 172 valence electrons. The molecule has 0 unspecified atom stereocenters. The van der Waals surface area contributed by atoms with Crippen LogP contribution in [-0.4, -0.2) is 41.8 Å². The summed E-state index contributed by atoms with van der Waals surface area (Å²) < 4.78 is 11.2. The molecule has 33 heavy (non-hydrogen) atoms. The van der Waals surface area contributed by atoms with Crippen molar-refractivity contribution in [3.63, 3.8) is 0 Å². The van der Waals surface area contributed by atoms with Gasteiger partial charge in [0.25, 0.3) is 0 Å². The van der Waals surface area contributed by atoms with Gasteiger partial charge in [0.05, 0.1) is 12.2 Å². The summed E-state index contributed by atoms with van der Waals surface area (Å²) in [4.78, 5) is 30.8. The molecule has 2 heterocycles. The summed E-state index contributed by atoms with van der Waals surface area (Å²) in [6, 6.07) is 14.6. The lowest BCUT2D eigenvalue weighted by Crippen LogP contribution is -2.55. The van der Waals surface area contributed by atoms with Crippen LogP contribution in [0.1, 0.15) is 43.9 Å². The third kappa shape index (κ3) is 4.42. The molecule has 0 bridgehead atoms. The molecule has 0 saturated carbocycles. The maximum absolute atomic E-state index is 14.0. The zero-order chi connectivity index (χ0) is 23.6. The topological polar surface area (TPSA) is 105 Å². The molecule has 2 aromatic carbocycles. The number of imide groups is 1. The molecule has 8 nitrogen and oxygen atoms in total. The molecule has 2 saturated heterocycles. The van der Waals surface area contributed by atoms with Gasteiger partial charge in [0.15, 0.2) is 0 Å². The number of cyclic esters (lactones) is 1. The number of carbonyl (C=O) groups excluding carboxylic acids is 2. The van der Waals surface area contributed by atoms with Gasteiger partial charge < -0.3 is 9.47 Å². The number of azide groups is 1. The minimum atomic E-state index is -1.17. The zero-order valence-corrected chi connectivity index (χ0v) is 19.2. The summed E-state index contributed by atoms with van der Waals surface area (Å²) in [6.45, 7) is 3.89. The summed E-state index contributed by atoms with van der Waals surface area (Å²) in [5.74, 6) is -0.583. The SMILES string of the molecule is C[C@H]1CC(c2ccc(Cl)cc2)([C@H](N=[N+]=[N-])C(=O)N2C(=O)OC[C@@H]2c2ccccc2)C[C@H](C)O1. The van der Waals surface area contributed by atoms with Crippen LogP contribution in [0.5, 0.6) is 0 Å². The molecule has 0 N–H and O–H groups in total. The van der Waals surface area contributed by atoms with Crippen LogP contribution in [0.15, 0.2) is 59.7 Å². The molecular formula is C24H25ClN4O4. The molecule has 2 aromatic rings. The van der Waals surface area contributed by atoms with Gasteiger partial charge in [-0.2, -0.15) is 0 Å². The van der Waals surface area contributed by atoms with E-state index in [1.807, 2.05) is 56.3 Å². The number of benzene rings is 2. The fraction of sp³-hybridized carbons (Fsp3) is 0.417. The Balaban J connectivity index is 1.81. The Kier molecular flexibility index (Phi) is 6.61. The summed E-state index contributed by atoms with van der Waals surface area (Å²) in [5.41, 5.74) is 10.2. The molecule has 4 rings (SSSR count). The highest BCUT2D eigenvalue weighted by atomic mass is 35.5. The summed E-state index contributed by atoms with van der Waals surface area (Å²) in [7, 11) is 0. The number of halogens is 1. The minimum Gasteiger partial charge on any atom is -0.446 e. The molecule has 2 aliphatic rings. The highest BCUT2D eigenvalue weighted by molar-refractivity contribution is 6.30. The first-order valence-corrected chi connectivity index (χ1v) is 11.2. The lowest BCUT2D eigenvalue weighted by molar-refractivity contribution is -0.136. The lowest BCUT2D eigenvalue weighted by Gasteiger charge is -2.46. The van der Waals surface area contributed by atoms with Gasteiger partial charge in [-0.05, 0) is 55.5 Å². The van der Waals surface area contributed by atoms with Crippen LogP contribution >= 0.6 is 11.6 Å². The van der Waals surface area contributed by atoms with Crippen LogP contribution in [0, 0.1) is 0 Å². The highest BCUT2D eigenvalue weighted by Gasteiger charge is 2.52. The van der Waals surface area contributed by atoms with Gasteiger partial charge in [0.2, 0.25) is 5.91 Å². The fourth-order valence-electron chi connectivity index (χ4n) is 5.17. The van der Waals surface area contributed by atoms with Gasteiger partial charge in [0, 0.05) is 15.3 Å². The van der Waals surface area contributed by atoms with Gasteiger partial charge in [-0.15, -0.1) is 0 Å². The van der Waals surface area contributed by atoms with Crippen molar-refractivity contribution >= 4 is 23.6 Å². The number of rotatable bonds is 5. The average molecular weight is 469 g/mol. The third-order valence-corrected chi connectivity index (χ3v) is 6.66. The second-order valence-corrected chi connectivity index (χ2v) is 9.08. The van der Waals surface area contributed by atoms with Crippen LogP contribution < -0.4 is 0 Å². The van der Waals surface area contributed by atoms with Crippen LogP contribution in [0.2, 0.25) is 5.02 Å². The van der Waals surface area contributed by atoms with Crippen molar-refractivity contribution in [2.45, 2.75) is 56.4 Å². The molecule has 9 heteroatoms. The molecule has 4 atom stereocenters. The first-order chi connectivity index (χ1) is 15.9. The van der Waals surface area contributed by atoms with Crippen LogP contribution in [0.3, 0.4) is 0 Å². The number of hydrogen-bond donors (Lipinski definition) is 0. The molecule has 2 amide bonds. The highest BCUT2D eigenvalue weighted by Crippen LogP contribution is 2.45. The van der Waals surface area contributed by atoms with E-state index in [4.69, 9.17) is 21.1 Å². The molecule has 0 radical (unpaired) electrons. The average Bonchev–Trinajstić information content (AvgIpc) is 3.18. The van der Waals surface area contributed by atoms with E-state index in [0.29, 0.717) is 17.9 Å². The van der Waals surface area contributed by atoms with Gasteiger partial charge in [-0.25, -0.2) is 9.69 Å². The van der Waals surface area contributed by atoms with E-state index in [1.165, 1.54) is 0 Å². The van der Waals surface area contributed by atoms with E-state index < -0.39 is 29.5 Å². The van der Waals surface area contributed by atoms with E-state index >= 15 is 0 Å². The quantitative estimate of drug-likeness (QED) is 0.325. The lowest BCUT2D eigenvalue weighted by atomic mass is 9.65. The van der Waals surface area contributed by atoms with Crippen LogP contribution in [0.25, 0.3) is 10.4 Å². The van der Waals surface area contributed by atoms with Gasteiger partial charge >= 0.3 is 6.09 Å². The Morgan fingerprint density at radius 2 is 1.79 bits per heavy atom. The Bertz CT molecular complexity index is 1060. The van der Waals surface area contributed by atoms with Gasteiger partial charge in [0.1, 0.15) is 18.7 Å². The van der Waals surface area contributed by atoms with Crippen molar-refractivity contribution in [3.8, 4) is 0 Å². The Morgan fingerprint density at radius 3 is 2.39 bits per heavy atom. The van der Waals surface area contributed by atoms with Crippen LogP contribution in [-0.2, 0) is 19.7 Å². The normalized spacial score (nSPS) is 28.0. The first-order valence-electron chi connectivity index (χ1n) is 10.9. The Morgan fingerprint density at radius 1 is 1.15 bits per heavy atom. The van der Waals surface area contributed by atoms with E-state index in [2.05, 4.69) is 10.0 Å². The number of hydrogen-bond acceptors (Lipinski definition) is 5. The molecule has 0 spiro atoms. The second-order valence-electron chi connectivity index (χ2n) is 8.65. The van der Waals surface area contributed by atoms with Crippen molar-refractivity contribution in [2.75, 3.05) is 6.61 Å². The van der Waals surface area contributed by atoms with E-state index in [1.54, 1.807) is 12.1 Å². The minimum absolute atomic E-state index is 0.0431. The van der Waals surface area contributed by atoms with Gasteiger partial charge in [-0.1, -0.05) is 59.2 Å². The fourth-order valence-corrected chi connectivity index (χ4v) is 5.29. The molecule has 2 fully saturated rings. The smallest absolute Gasteiger partial charge is 0.417 e. The predicted molar refractivity (Wildman–Crippen MR) is 123 cm³/mol. The third-order valence-electron chi connectivity index (χ3n) is 6.41.